The molecule has 49 heavy (non-hydrogen) atoms. The molecule has 1 nitrogen and oxygen atoms in total. The molecule has 1 heteroatoms. The van der Waals surface area contributed by atoms with E-state index in [0.29, 0.717) is 0 Å². The fraction of sp³-hybridized carbons (Fsp3) is 0.250. The van der Waals surface area contributed by atoms with Crippen molar-refractivity contribution in [2.24, 2.45) is 0 Å². The zero-order chi connectivity index (χ0) is 32.9. The predicted octanol–water partition coefficient (Wildman–Crippen LogP) is 14.8. The Kier molecular flexibility index (Phi) is 7.73. The molecule has 242 valence electrons. The molecule has 0 atom stereocenters. The first kappa shape index (κ1) is 30.2. The van der Waals surface area contributed by atoms with Crippen LogP contribution in [0.4, 0.5) is 0 Å². The second-order valence-corrected chi connectivity index (χ2v) is 14.3. The van der Waals surface area contributed by atoms with Crippen molar-refractivity contribution in [1.82, 2.24) is 0 Å². The quantitative estimate of drug-likeness (QED) is 0.108. The van der Waals surface area contributed by atoms with Gasteiger partial charge in [-0.15, -0.1) is 0 Å². The van der Waals surface area contributed by atoms with Gasteiger partial charge in [0.2, 0.25) is 0 Å². The average molecular weight is 637 g/mol. The number of aryl methyl sites for hydroxylation is 2. The van der Waals surface area contributed by atoms with Crippen LogP contribution in [-0.2, 0) is 12.8 Å². The van der Waals surface area contributed by atoms with E-state index in [-0.39, 0.29) is 0 Å². The summed E-state index contributed by atoms with van der Waals surface area (Å²) < 4.78 is 6.83. The SMILES string of the molecule is CCCCCCc1cc2ccc3oc4ccc5cc(CCCCCC)c6ccc7ccccc7c6c5c4c3c2c2c1ccc1ccccc12. The first-order chi connectivity index (χ1) is 24.2. The summed E-state index contributed by atoms with van der Waals surface area (Å²) in [6.45, 7) is 4.59. The molecule has 0 spiro atoms. The van der Waals surface area contributed by atoms with Gasteiger partial charge in [0.15, 0.2) is 0 Å². The normalized spacial score (nSPS) is 12.3. The van der Waals surface area contributed by atoms with Crippen LogP contribution in [0.3, 0.4) is 0 Å². The van der Waals surface area contributed by atoms with Crippen LogP contribution in [0.5, 0.6) is 0 Å². The Morgan fingerprint density at radius 1 is 0.367 bits per heavy atom. The summed E-state index contributed by atoms with van der Waals surface area (Å²) in [5.41, 5.74) is 4.87. The summed E-state index contributed by atoms with van der Waals surface area (Å²) in [6.07, 6.45) is 12.3. The molecule has 9 aromatic rings. The summed E-state index contributed by atoms with van der Waals surface area (Å²) >= 11 is 0. The van der Waals surface area contributed by atoms with Gasteiger partial charge in [0.1, 0.15) is 11.2 Å². The number of hydrogen-bond donors (Lipinski definition) is 0. The molecule has 0 aliphatic rings. The number of fused-ring (bicyclic) bond motifs is 15. The lowest BCUT2D eigenvalue weighted by Crippen LogP contribution is -1.93. The van der Waals surface area contributed by atoms with Crippen molar-refractivity contribution >= 4 is 86.6 Å². The van der Waals surface area contributed by atoms with Crippen LogP contribution >= 0.6 is 0 Å². The van der Waals surface area contributed by atoms with Gasteiger partial charge in [-0.05, 0) is 103 Å². The first-order valence-electron chi connectivity index (χ1n) is 18.7. The molecular formula is C48H44O. The third-order valence-electron chi connectivity index (χ3n) is 11.2. The fourth-order valence-corrected chi connectivity index (χ4v) is 8.81. The molecule has 0 aliphatic heterocycles. The second-order valence-electron chi connectivity index (χ2n) is 14.3. The minimum atomic E-state index is 0.969. The van der Waals surface area contributed by atoms with Crippen LogP contribution in [0.25, 0.3) is 86.6 Å². The first-order valence-corrected chi connectivity index (χ1v) is 18.7. The Hall–Kier alpha value is -4.88. The number of rotatable bonds is 10. The second kappa shape index (κ2) is 12.5. The molecule has 0 aliphatic carbocycles. The maximum atomic E-state index is 6.83. The van der Waals surface area contributed by atoms with E-state index in [1.165, 1.54) is 138 Å². The van der Waals surface area contributed by atoms with Crippen molar-refractivity contribution in [3.63, 3.8) is 0 Å². The monoisotopic (exact) mass is 636 g/mol. The lowest BCUT2D eigenvalue weighted by atomic mass is 9.87. The Labute approximate surface area is 288 Å². The highest BCUT2D eigenvalue weighted by Gasteiger charge is 2.21. The van der Waals surface area contributed by atoms with Crippen molar-refractivity contribution in [2.45, 2.75) is 78.1 Å². The van der Waals surface area contributed by atoms with Gasteiger partial charge in [-0.25, -0.2) is 0 Å². The van der Waals surface area contributed by atoms with Gasteiger partial charge in [-0.2, -0.15) is 0 Å². The summed E-state index contributed by atoms with van der Waals surface area (Å²) in [5.74, 6) is 0. The third-order valence-corrected chi connectivity index (χ3v) is 11.2. The molecule has 0 saturated carbocycles. The van der Waals surface area contributed by atoms with Crippen LogP contribution < -0.4 is 0 Å². The number of hydrogen-bond acceptors (Lipinski definition) is 1. The van der Waals surface area contributed by atoms with E-state index in [4.69, 9.17) is 4.42 Å². The largest absolute Gasteiger partial charge is 0.456 e. The summed E-state index contributed by atoms with van der Waals surface area (Å²) in [7, 11) is 0. The standard InChI is InChI=1S/C48H44O/c1-3-5-7-9-17-33-29-35-23-27-41-47(43(35)45-37-19-13-11-15-31(37)21-25-39(33)45)48-42(49-41)28-24-36-30-34(18-10-8-6-4-2)40-26-22-32-16-12-14-20-38(32)46(40)44(36)48/h11-16,19-30H,3-10,17-18H2,1-2H3. The maximum Gasteiger partial charge on any atom is 0.136 e. The molecule has 0 radical (unpaired) electrons. The predicted molar refractivity (Wildman–Crippen MR) is 214 cm³/mol. The molecule has 0 saturated heterocycles. The van der Waals surface area contributed by atoms with E-state index < -0.39 is 0 Å². The molecule has 0 bridgehead atoms. The molecule has 9 rings (SSSR count). The Morgan fingerprint density at radius 2 is 0.816 bits per heavy atom. The number of furan rings is 1. The molecular weight excluding hydrogens is 593 g/mol. The van der Waals surface area contributed by atoms with E-state index in [0.717, 1.165) is 24.0 Å². The molecule has 0 amide bonds. The highest BCUT2D eigenvalue weighted by molar-refractivity contribution is 6.38. The zero-order valence-electron chi connectivity index (χ0n) is 28.9. The molecule has 8 aromatic carbocycles. The van der Waals surface area contributed by atoms with Crippen molar-refractivity contribution in [3.05, 3.63) is 120 Å². The van der Waals surface area contributed by atoms with Gasteiger partial charge in [-0.1, -0.05) is 149 Å². The van der Waals surface area contributed by atoms with E-state index in [1.54, 1.807) is 0 Å². The lowest BCUT2D eigenvalue weighted by Gasteiger charge is -2.16. The Morgan fingerprint density at radius 3 is 1.29 bits per heavy atom. The van der Waals surface area contributed by atoms with Crippen LogP contribution in [0.15, 0.2) is 114 Å². The summed E-state index contributed by atoms with van der Waals surface area (Å²) in [5, 5.41) is 18.5. The smallest absolute Gasteiger partial charge is 0.136 e. The van der Waals surface area contributed by atoms with Crippen molar-refractivity contribution in [3.8, 4) is 0 Å². The summed E-state index contributed by atoms with van der Waals surface area (Å²) in [6, 6.07) is 41.4. The van der Waals surface area contributed by atoms with Crippen molar-refractivity contribution < 1.29 is 4.42 Å². The van der Waals surface area contributed by atoms with Gasteiger partial charge >= 0.3 is 0 Å². The molecule has 0 fully saturated rings. The maximum absolute atomic E-state index is 6.83. The minimum absolute atomic E-state index is 0.969. The van der Waals surface area contributed by atoms with Gasteiger partial charge in [0.05, 0.1) is 0 Å². The number of unbranched alkanes of at least 4 members (excludes halogenated alkanes) is 6. The molecule has 0 N–H and O–H groups in total. The molecule has 0 unspecified atom stereocenters. The average Bonchev–Trinajstić information content (AvgIpc) is 3.53. The van der Waals surface area contributed by atoms with E-state index in [1.807, 2.05) is 0 Å². The van der Waals surface area contributed by atoms with Gasteiger partial charge in [-0.3, -0.25) is 0 Å². The highest BCUT2D eigenvalue weighted by Crippen LogP contribution is 2.47. The zero-order valence-corrected chi connectivity index (χ0v) is 28.9. The van der Waals surface area contributed by atoms with Crippen molar-refractivity contribution in [2.75, 3.05) is 0 Å². The lowest BCUT2D eigenvalue weighted by molar-refractivity contribution is 0.668. The van der Waals surface area contributed by atoms with Crippen LogP contribution in [0, 0.1) is 0 Å². The van der Waals surface area contributed by atoms with Gasteiger partial charge in [0, 0.05) is 21.5 Å². The van der Waals surface area contributed by atoms with Crippen molar-refractivity contribution in [1.29, 1.82) is 0 Å². The van der Waals surface area contributed by atoms with E-state index in [2.05, 4.69) is 123 Å². The van der Waals surface area contributed by atoms with Crippen LogP contribution in [0.2, 0.25) is 0 Å². The minimum Gasteiger partial charge on any atom is -0.456 e. The van der Waals surface area contributed by atoms with Crippen LogP contribution in [-0.4, -0.2) is 0 Å². The summed E-state index contributed by atoms with van der Waals surface area (Å²) in [4.78, 5) is 0. The van der Waals surface area contributed by atoms with E-state index >= 15 is 0 Å². The van der Waals surface area contributed by atoms with Gasteiger partial charge < -0.3 is 4.42 Å². The Bertz CT molecular complexity index is 2500. The number of benzene rings is 8. The van der Waals surface area contributed by atoms with Gasteiger partial charge in [0.25, 0.3) is 0 Å². The topological polar surface area (TPSA) is 13.1 Å². The van der Waals surface area contributed by atoms with Crippen LogP contribution in [0.1, 0.15) is 76.3 Å². The highest BCUT2D eigenvalue weighted by atomic mass is 16.3. The molecule has 1 heterocycles. The Balaban J connectivity index is 1.44. The third kappa shape index (κ3) is 4.97. The fourth-order valence-electron chi connectivity index (χ4n) is 8.81. The van der Waals surface area contributed by atoms with E-state index in [9.17, 15) is 0 Å². The molecule has 1 aromatic heterocycles.